The molecule has 0 saturated heterocycles. The number of hydrogen-bond donors (Lipinski definition) is 3. The number of nitrogens with one attached hydrogen (secondary N) is 2. The third kappa shape index (κ3) is 5.88. The van der Waals surface area contributed by atoms with E-state index >= 15 is 0 Å². The van der Waals surface area contributed by atoms with Gasteiger partial charge in [-0.25, -0.2) is 4.79 Å². The molecule has 1 unspecified atom stereocenters. The van der Waals surface area contributed by atoms with Crippen LogP contribution in [0.1, 0.15) is 18.0 Å². The molecule has 0 aliphatic carbocycles. The van der Waals surface area contributed by atoms with Crippen molar-refractivity contribution in [2.24, 2.45) is 0 Å². The molecule has 10 nitrogen and oxygen atoms in total. The zero-order chi connectivity index (χ0) is 24.0. The van der Waals surface area contributed by atoms with Crippen LogP contribution in [0.25, 0.3) is 0 Å². The largest absolute Gasteiger partial charge is 0.493 e. The van der Waals surface area contributed by atoms with Gasteiger partial charge in [-0.1, -0.05) is 24.3 Å². The number of nitrogens with zero attached hydrogens (tertiary/aromatic N) is 1. The smallest absolute Gasteiger partial charge is 0.316 e. The van der Waals surface area contributed by atoms with Gasteiger partial charge in [0.05, 0.1) is 19.6 Å². The first-order valence-corrected chi connectivity index (χ1v) is 9.97. The highest BCUT2D eigenvalue weighted by molar-refractivity contribution is 6.14. The Hall–Kier alpha value is -4.34. The minimum Gasteiger partial charge on any atom is -0.493 e. The molecule has 1 heterocycles. The van der Waals surface area contributed by atoms with Crippen molar-refractivity contribution in [1.82, 2.24) is 15.5 Å². The predicted molar refractivity (Wildman–Crippen MR) is 117 cm³/mol. The number of carboxylic acids is 1. The first kappa shape index (κ1) is 23.3. The van der Waals surface area contributed by atoms with Crippen molar-refractivity contribution >= 4 is 23.7 Å². The van der Waals surface area contributed by atoms with Gasteiger partial charge in [-0.3, -0.25) is 14.4 Å². The fourth-order valence-electron chi connectivity index (χ4n) is 3.17. The summed E-state index contributed by atoms with van der Waals surface area (Å²) >= 11 is 0. The van der Waals surface area contributed by atoms with Crippen LogP contribution in [-0.2, 0) is 14.4 Å². The molecule has 0 aromatic heterocycles. The molecule has 172 valence electrons. The maximum atomic E-state index is 12.5. The summed E-state index contributed by atoms with van der Waals surface area (Å²) in [5, 5.41) is 14.1. The number of urea groups is 1. The van der Waals surface area contributed by atoms with Crippen LogP contribution in [0.3, 0.4) is 0 Å². The lowest BCUT2D eigenvalue weighted by Crippen LogP contribution is -2.55. The Morgan fingerprint density at radius 2 is 1.76 bits per heavy atom. The lowest BCUT2D eigenvalue weighted by atomic mass is 10.0. The second-order valence-corrected chi connectivity index (χ2v) is 7.19. The summed E-state index contributed by atoms with van der Waals surface area (Å²) in [7, 11) is 2.99. The second kappa shape index (κ2) is 10.3. The van der Waals surface area contributed by atoms with Crippen molar-refractivity contribution in [3.63, 3.8) is 0 Å². The molecule has 0 bridgehead atoms. The van der Waals surface area contributed by atoms with Crippen LogP contribution in [0.15, 0.2) is 60.8 Å². The molecule has 0 saturated carbocycles. The summed E-state index contributed by atoms with van der Waals surface area (Å²) in [5.41, 5.74) is 0.498. The van der Waals surface area contributed by atoms with E-state index in [-0.39, 0.29) is 0 Å². The first-order chi connectivity index (χ1) is 15.8. The number of carbonyl (C=O) groups excluding carboxylic acids is 3. The fraction of sp³-hybridized carbons (Fsp3) is 0.217. The lowest BCUT2D eigenvalue weighted by molar-refractivity contribution is -0.138. The van der Waals surface area contributed by atoms with E-state index < -0.39 is 42.2 Å². The van der Waals surface area contributed by atoms with Crippen LogP contribution in [0, 0.1) is 0 Å². The number of carbonyl (C=O) groups is 4. The Morgan fingerprint density at radius 3 is 2.39 bits per heavy atom. The number of hydrogen-bond acceptors (Lipinski definition) is 6. The van der Waals surface area contributed by atoms with Gasteiger partial charge in [0.25, 0.3) is 5.91 Å². The third-order valence-electron chi connectivity index (χ3n) is 4.88. The minimum atomic E-state index is -1.37. The summed E-state index contributed by atoms with van der Waals surface area (Å²) in [6.07, 6.45) is 2.08. The summed E-state index contributed by atoms with van der Waals surface area (Å²) in [4.78, 5) is 49.1. The van der Waals surface area contributed by atoms with Crippen molar-refractivity contribution in [1.29, 1.82) is 0 Å². The summed E-state index contributed by atoms with van der Waals surface area (Å²) in [6.45, 7) is 0. The number of amides is 3. The van der Waals surface area contributed by atoms with Crippen LogP contribution >= 0.6 is 0 Å². The van der Waals surface area contributed by atoms with E-state index in [1.54, 1.807) is 42.5 Å². The molecule has 33 heavy (non-hydrogen) atoms. The monoisotopic (exact) mass is 453 g/mol. The van der Waals surface area contributed by atoms with Gasteiger partial charge >= 0.3 is 12.0 Å². The lowest BCUT2D eigenvalue weighted by Gasteiger charge is -2.25. The van der Waals surface area contributed by atoms with E-state index in [0.717, 1.165) is 0 Å². The van der Waals surface area contributed by atoms with Gasteiger partial charge in [0.2, 0.25) is 0 Å². The Kier molecular flexibility index (Phi) is 7.29. The molecule has 0 spiro atoms. The molecular formula is C23H23N3O7. The minimum absolute atomic E-state index is 0.410. The number of para-hydroxylation sites is 2. The van der Waals surface area contributed by atoms with Gasteiger partial charge in [-0.2, -0.15) is 0 Å². The Morgan fingerprint density at radius 1 is 1.09 bits per heavy atom. The molecule has 0 fully saturated rings. The van der Waals surface area contributed by atoms with E-state index in [2.05, 4.69) is 10.6 Å². The van der Waals surface area contributed by atoms with Crippen molar-refractivity contribution in [2.75, 3.05) is 14.2 Å². The van der Waals surface area contributed by atoms with Gasteiger partial charge in [-0.05, 0) is 29.8 Å². The fourth-order valence-corrected chi connectivity index (χ4v) is 3.17. The van der Waals surface area contributed by atoms with Gasteiger partial charge < -0.3 is 30.1 Å². The van der Waals surface area contributed by atoms with Crippen LogP contribution in [-0.4, -0.2) is 53.9 Å². The number of benzene rings is 2. The molecule has 3 N–H and O–H groups in total. The number of carboxylic acid groups (broad SMARTS) is 1. The number of aliphatic carboxylic acids is 1. The number of ketones is 1. The molecule has 2 aromatic rings. The van der Waals surface area contributed by atoms with Crippen LogP contribution < -0.4 is 20.1 Å². The molecule has 10 heteroatoms. The average Bonchev–Trinajstić information content (AvgIpc) is 2.79. The van der Waals surface area contributed by atoms with Crippen molar-refractivity contribution in [2.45, 2.75) is 18.5 Å². The number of likely N-dealkylation sites (N-methyl/N-ethyl adjacent to an activating group) is 1. The highest BCUT2D eigenvalue weighted by Crippen LogP contribution is 2.31. The van der Waals surface area contributed by atoms with Crippen molar-refractivity contribution in [3.05, 3.63) is 66.4 Å². The van der Waals surface area contributed by atoms with E-state index in [4.69, 9.17) is 9.47 Å². The second-order valence-electron chi connectivity index (χ2n) is 7.19. The maximum Gasteiger partial charge on any atom is 0.316 e. The van der Waals surface area contributed by atoms with Crippen LogP contribution in [0.4, 0.5) is 4.79 Å². The van der Waals surface area contributed by atoms with Crippen LogP contribution in [0.2, 0.25) is 0 Å². The van der Waals surface area contributed by atoms with Crippen molar-refractivity contribution < 1.29 is 33.8 Å². The Bertz CT molecular complexity index is 1080. The molecule has 1 aliphatic heterocycles. The van der Waals surface area contributed by atoms with Gasteiger partial charge in [-0.15, -0.1) is 0 Å². The SMILES string of the molecule is COc1ccccc1Oc1ccc([C@H](CC(=O)O)NC(=O)NC2C(=O)C=CN(C)C2=O)cc1. The standard InChI is InChI=1S/C23H23N3O7/c1-26-12-11-17(27)21(22(26)30)25-23(31)24-16(13-20(28)29)14-7-9-15(10-8-14)33-19-6-4-3-5-18(19)32-2/h3-12,16,21H,13H2,1-2H3,(H,28,29)(H2,24,25,31)/t16-,21?/m0/s1. The zero-order valence-electron chi connectivity index (χ0n) is 18.0. The van der Waals surface area contributed by atoms with Gasteiger partial charge in [0.1, 0.15) is 5.75 Å². The average molecular weight is 453 g/mol. The number of methoxy groups -OCH3 is 1. The van der Waals surface area contributed by atoms with E-state index in [1.807, 2.05) is 6.07 Å². The molecule has 3 amide bonds. The quantitative estimate of drug-likeness (QED) is 0.522. The van der Waals surface area contributed by atoms with E-state index in [1.165, 1.54) is 31.3 Å². The summed E-state index contributed by atoms with van der Waals surface area (Å²) in [6, 6.07) is 10.5. The molecule has 0 radical (unpaired) electrons. The Labute approximate surface area is 189 Å². The normalized spacial score (nSPS) is 16.2. The molecule has 3 rings (SSSR count). The predicted octanol–water partition coefficient (Wildman–Crippen LogP) is 2.23. The zero-order valence-corrected chi connectivity index (χ0v) is 18.0. The number of rotatable bonds is 8. The highest BCUT2D eigenvalue weighted by Gasteiger charge is 2.32. The van der Waals surface area contributed by atoms with Crippen molar-refractivity contribution in [3.8, 4) is 17.2 Å². The Balaban J connectivity index is 1.71. The number of ether oxygens (including phenoxy) is 2. The van der Waals surface area contributed by atoms with Crippen LogP contribution in [0.5, 0.6) is 17.2 Å². The molecule has 1 aliphatic rings. The highest BCUT2D eigenvalue weighted by atomic mass is 16.5. The molecular weight excluding hydrogens is 430 g/mol. The van der Waals surface area contributed by atoms with Gasteiger partial charge in [0, 0.05) is 19.3 Å². The topological polar surface area (TPSA) is 134 Å². The third-order valence-corrected chi connectivity index (χ3v) is 4.88. The first-order valence-electron chi connectivity index (χ1n) is 9.97. The maximum absolute atomic E-state index is 12.5. The molecule has 2 aromatic carbocycles. The van der Waals surface area contributed by atoms with E-state index in [9.17, 15) is 24.3 Å². The molecule has 2 atom stereocenters. The van der Waals surface area contributed by atoms with Gasteiger partial charge in [0.15, 0.2) is 23.3 Å². The summed E-state index contributed by atoms with van der Waals surface area (Å²) < 4.78 is 11.1. The summed E-state index contributed by atoms with van der Waals surface area (Å²) in [5.74, 6) is -0.757. The van der Waals surface area contributed by atoms with E-state index in [0.29, 0.717) is 22.8 Å².